The zero-order chi connectivity index (χ0) is 14.1. The Labute approximate surface area is 115 Å². The number of amides is 2. The number of hydrogen-bond donors (Lipinski definition) is 3. The quantitative estimate of drug-likeness (QED) is 0.605. The van der Waals surface area contributed by atoms with E-state index in [0.29, 0.717) is 24.5 Å². The first-order chi connectivity index (χ1) is 9.08. The molecular formula is C12H22N2O4S. The lowest BCUT2D eigenvalue weighted by Crippen LogP contribution is -2.45. The zero-order valence-electron chi connectivity index (χ0n) is 11.0. The molecule has 1 aliphatic rings. The van der Waals surface area contributed by atoms with Gasteiger partial charge in [-0.3, -0.25) is 9.00 Å². The second-order valence-corrected chi connectivity index (χ2v) is 6.42. The minimum Gasteiger partial charge on any atom is -0.481 e. The fraction of sp³-hybridized carbons (Fsp3) is 0.833. The third-order valence-electron chi connectivity index (χ3n) is 3.08. The number of unbranched alkanes of at least 4 members (excludes halogenated alkanes) is 2. The molecule has 0 aliphatic carbocycles. The summed E-state index contributed by atoms with van der Waals surface area (Å²) < 4.78 is 11.2. The Morgan fingerprint density at radius 1 is 1.16 bits per heavy atom. The number of hydrogen-bond acceptors (Lipinski definition) is 3. The zero-order valence-corrected chi connectivity index (χ0v) is 11.8. The third-order valence-corrected chi connectivity index (χ3v) is 4.46. The molecule has 0 aromatic rings. The normalized spacial score (nSPS) is 22.7. The highest BCUT2D eigenvalue weighted by Gasteiger charge is 2.18. The molecule has 0 saturated carbocycles. The largest absolute Gasteiger partial charge is 0.481 e. The van der Waals surface area contributed by atoms with Crippen molar-refractivity contribution in [2.75, 3.05) is 18.1 Å². The second-order valence-electron chi connectivity index (χ2n) is 4.73. The molecule has 0 aromatic heterocycles. The van der Waals surface area contributed by atoms with Gasteiger partial charge in [-0.05, 0) is 25.7 Å². The number of aliphatic carboxylic acids is 1. The Hall–Kier alpha value is -1.11. The van der Waals surface area contributed by atoms with Crippen molar-refractivity contribution in [3.63, 3.8) is 0 Å². The predicted octanol–water partition coefficient (Wildman–Crippen LogP) is 0.842. The van der Waals surface area contributed by atoms with Gasteiger partial charge < -0.3 is 15.7 Å². The molecule has 0 bridgehead atoms. The first kappa shape index (κ1) is 15.9. The fourth-order valence-corrected chi connectivity index (χ4v) is 3.25. The maximum Gasteiger partial charge on any atom is 0.315 e. The van der Waals surface area contributed by atoms with Gasteiger partial charge in [0.1, 0.15) is 0 Å². The van der Waals surface area contributed by atoms with Crippen LogP contribution >= 0.6 is 0 Å². The molecule has 0 atom stereocenters. The minimum absolute atomic E-state index is 0.129. The average Bonchev–Trinajstić information content (AvgIpc) is 2.36. The summed E-state index contributed by atoms with van der Waals surface area (Å²) in [6.45, 7) is 0.560. The summed E-state index contributed by atoms with van der Waals surface area (Å²) in [6, 6.07) is -0.0550. The molecule has 1 fully saturated rings. The lowest BCUT2D eigenvalue weighted by Gasteiger charge is -2.22. The van der Waals surface area contributed by atoms with Crippen molar-refractivity contribution in [3.8, 4) is 0 Å². The van der Waals surface area contributed by atoms with Gasteiger partial charge in [0.25, 0.3) is 0 Å². The van der Waals surface area contributed by atoms with Crippen molar-refractivity contribution in [3.05, 3.63) is 0 Å². The molecule has 110 valence electrons. The number of nitrogens with one attached hydrogen (secondary N) is 2. The van der Waals surface area contributed by atoms with E-state index in [-0.39, 0.29) is 18.5 Å². The number of urea groups is 1. The van der Waals surface area contributed by atoms with E-state index in [1.165, 1.54) is 0 Å². The SMILES string of the molecule is O=C(O)CCCCCNC(=O)NC1CCS(=O)CC1. The molecule has 0 radical (unpaired) electrons. The van der Waals surface area contributed by atoms with Crippen LogP contribution in [-0.2, 0) is 15.6 Å². The summed E-state index contributed by atoms with van der Waals surface area (Å²) in [5, 5.41) is 14.1. The van der Waals surface area contributed by atoms with Gasteiger partial charge in [-0.1, -0.05) is 6.42 Å². The molecule has 0 spiro atoms. The first-order valence-electron chi connectivity index (χ1n) is 6.69. The highest BCUT2D eigenvalue weighted by molar-refractivity contribution is 7.85. The van der Waals surface area contributed by atoms with Crippen LogP contribution in [0.1, 0.15) is 38.5 Å². The van der Waals surface area contributed by atoms with Gasteiger partial charge >= 0.3 is 12.0 Å². The highest BCUT2D eigenvalue weighted by atomic mass is 32.2. The molecule has 2 amide bonds. The van der Waals surface area contributed by atoms with Gasteiger partial charge in [0.2, 0.25) is 0 Å². The van der Waals surface area contributed by atoms with Gasteiger partial charge in [-0.2, -0.15) is 0 Å². The van der Waals surface area contributed by atoms with E-state index < -0.39 is 16.8 Å². The molecule has 3 N–H and O–H groups in total. The van der Waals surface area contributed by atoms with Crippen molar-refractivity contribution >= 4 is 22.8 Å². The van der Waals surface area contributed by atoms with E-state index in [2.05, 4.69) is 10.6 Å². The van der Waals surface area contributed by atoms with Crippen molar-refractivity contribution in [1.29, 1.82) is 0 Å². The van der Waals surface area contributed by atoms with Crippen LogP contribution < -0.4 is 10.6 Å². The Kier molecular flexibility index (Phi) is 7.47. The van der Waals surface area contributed by atoms with E-state index in [0.717, 1.165) is 25.7 Å². The Morgan fingerprint density at radius 2 is 1.84 bits per heavy atom. The molecule has 7 heteroatoms. The van der Waals surface area contributed by atoms with E-state index in [1.807, 2.05) is 0 Å². The molecule has 1 saturated heterocycles. The van der Waals surface area contributed by atoms with Crippen molar-refractivity contribution in [2.24, 2.45) is 0 Å². The fourth-order valence-electron chi connectivity index (χ4n) is 1.95. The van der Waals surface area contributed by atoms with E-state index in [4.69, 9.17) is 5.11 Å². The van der Waals surface area contributed by atoms with Gasteiger partial charge in [0.15, 0.2) is 0 Å². The highest BCUT2D eigenvalue weighted by Crippen LogP contribution is 2.08. The van der Waals surface area contributed by atoms with Gasteiger partial charge in [-0.25, -0.2) is 4.79 Å². The van der Waals surface area contributed by atoms with Crippen LogP contribution in [0.5, 0.6) is 0 Å². The monoisotopic (exact) mass is 290 g/mol. The summed E-state index contributed by atoms with van der Waals surface area (Å²) in [7, 11) is -0.708. The smallest absolute Gasteiger partial charge is 0.315 e. The predicted molar refractivity (Wildman–Crippen MR) is 73.5 cm³/mol. The molecule has 19 heavy (non-hydrogen) atoms. The number of carboxylic acid groups (broad SMARTS) is 1. The molecule has 1 aliphatic heterocycles. The molecule has 6 nitrogen and oxygen atoms in total. The number of carboxylic acids is 1. The van der Waals surface area contributed by atoms with Crippen molar-refractivity contribution < 1.29 is 18.9 Å². The maximum absolute atomic E-state index is 11.5. The maximum atomic E-state index is 11.5. The minimum atomic E-state index is -0.777. The van der Waals surface area contributed by atoms with E-state index in [9.17, 15) is 13.8 Å². The summed E-state index contributed by atoms with van der Waals surface area (Å²) in [6.07, 6.45) is 3.97. The lowest BCUT2D eigenvalue weighted by molar-refractivity contribution is -0.137. The average molecular weight is 290 g/mol. The van der Waals surface area contributed by atoms with E-state index in [1.54, 1.807) is 0 Å². The van der Waals surface area contributed by atoms with Crippen LogP contribution in [0.25, 0.3) is 0 Å². The summed E-state index contributed by atoms with van der Waals surface area (Å²) >= 11 is 0. The Morgan fingerprint density at radius 3 is 2.47 bits per heavy atom. The van der Waals surface area contributed by atoms with Crippen LogP contribution in [0.2, 0.25) is 0 Å². The molecule has 0 unspecified atom stereocenters. The number of rotatable bonds is 7. The van der Waals surface area contributed by atoms with Crippen molar-refractivity contribution in [2.45, 2.75) is 44.6 Å². The Balaban J connectivity index is 1.99. The van der Waals surface area contributed by atoms with Crippen LogP contribution in [0.15, 0.2) is 0 Å². The lowest BCUT2D eigenvalue weighted by atomic mass is 10.1. The molecule has 1 rings (SSSR count). The Bertz CT molecular complexity index is 326. The summed E-state index contributed by atoms with van der Waals surface area (Å²) in [5.41, 5.74) is 0. The van der Waals surface area contributed by atoms with Gasteiger partial charge in [0.05, 0.1) is 0 Å². The standard InChI is InChI=1S/C12H22N2O4S/c15-11(16)4-2-1-3-7-13-12(17)14-10-5-8-19(18)9-6-10/h10H,1-9H2,(H,15,16)(H2,13,14,17). The van der Waals surface area contributed by atoms with Crippen LogP contribution in [0.3, 0.4) is 0 Å². The van der Waals surface area contributed by atoms with Gasteiger partial charge in [-0.15, -0.1) is 0 Å². The molecular weight excluding hydrogens is 268 g/mol. The first-order valence-corrected chi connectivity index (χ1v) is 8.18. The van der Waals surface area contributed by atoms with Crippen LogP contribution in [0.4, 0.5) is 4.79 Å². The molecule has 1 heterocycles. The van der Waals surface area contributed by atoms with Crippen molar-refractivity contribution in [1.82, 2.24) is 10.6 Å². The number of carbonyl (C=O) groups excluding carboxylic acids is 1. The summed E-state index contributed by atoms with van der Waals surface area (Å²) in [4.78, 5) is 21.8. The topological polar surface area (TPSA) is 95.5 Å². The van der Waals surface area contributed by atoms with Crippen LogP contribution in [-0.4, -0.2) is 45.4 Å². The van der Waals surface area contributed by atoms with Crippen LogP contribution in [0, 0.1) is 0 Å². The molecule has 0 aromatic carbocycles. The van der Waals surface area contributed by atoms with Gasteiger partial charge in [0, 0.05) is 41.3 Å². The second kappa shape index (κ2) is 8.90. The third kappa shape index (κ3) is 7.81. The van der Waals surface area contributed by atoms with E-state index >= 15 is 0 Å². The number of carbonyl (C=O) groups is 2. The summed E-state index contributed by atoms with van der Waals surface area (Å²) in [5.74, 6) is 0.556.